The monoisotopic (exact) mass is 286 g/mol. The van der Waals surface area contributed by atoms with Crippen LogP contribution >= 0.6 is 11.6 Å². The van der Waals surface area contributed by atoms with Crippen molar-refractivity contribution in [3.63, 3.8) is 0 Å². The van der Waals surface area contributed by atoms with Crippen molar-refractivity contribution in [1.82, 2.24) is 9.38 Å². The minimum Gasteiger partial charge on any atom is -0.435 e. The standard InChI is InChI=1S/C15H11ClN2O2/c1-10-5-6-11(16)13(8-10)20-15-12(9-19)18-7-3-2-4-14(18)17-15/h2-9H,1H3. The molecule has 100 valence electrons. The Morgan fingerprint density at radius 1 is 1.30 bits per heavy atom. The lowest BCUT2D eigenvalue weighted by Gasteiger charge is -2.06. The Morgan fingerprint density at radius 3 is 2.95 bits per heavy atom. The zero-order valence-corrected chi connectivity index (χ0v) is 11.5. The van der Waals surface area contributed by atoms with Gasteiger partial charge in [0.15, 0.2) is 12.0 Å². The van der Waals surface area contributed by atoms with E-state index in [-0.39, 0.29) is 5.88 Å². The number of aromatic nitrogens is 2. The second-order valence-electron chi connectivity index (χ2n) is 4.38. The lowest BCUT2D eigenvalue weighted by atomic mass is 10.2. The summed E-state index contributed by atoms with van der Waals surface area (Å²) in [6.45, 7) is 1.94. The second-order valence-corrected chi connectivity index (χ2v) is 4.79. The Kier molecular flexibility index (Phi) is 3.16. The molecule has 0 aliphatic carbocycles. The molecule has 0 unspecified atom stereocenters. The number of carbonyl (C=O) groups is 1. The van der Waals surface area contributed by atoms with Crippen LogP contribution in [0.2, 0.25) is 5.02 Å². The number of benzene rings is 1. The highest BCUT2D eigenvalue weighted by Gasteiger charge is 2.14. The number of rotatable bonds is 3. The number of pyridine rings is 1. The van der Waals surface area contributed by atoms with E-state index in [9.17, 15) is 4.79 Å². The van der Waals surface area contributed by atoms with Crippen LogP contribution in [0.1, 0.15) is 16.1 Å². The minimum atomic E-state index is 0.249. The largest absolute Gasteiger partial charge is 0.435 e. The van der Waals surface area contributed by atoms with Crippen LogP contribution in [0.15, 0.2) is 42.6 Å². The molecule has 0 amide bonds. The Morgan fingerprint density at radius 2 is 2.15 bits per heavy atom. The van der Waals surface area contributed by atoms with Crippen LogP contribution in [0.5, 0.6) is 11.6 Å². The third-order valence-electron chi connectivity index (χ3n) is 2.94. The highest BCUT2D eigenvalue weighted by molar-refractivity contribution is 6.32. The van der Waals surface area contributed by atoms with Crippen molar-refractivity contribution in [1.29, 1.82) is 0 Å². The van der Waals surface area contributed by atoms with Gasteiger partial charge in [0.2, 0.25) is 5.88 Å². The molecule has 0 saturated carbocycles. The van der Waals surface area contributed by atoms with E-state index in [1.54, 1.807) is 28.8 Å². The van der Waals surface area contributed by atoms with Crippen LogP contribution in [-0.4, -0.2) is 15.7 Å². The number of ether oxygens (including phenoxy) is 1. The van der Waals surface area contributed by atoms with Gasteiger partial charge in [-0.25, -0.2) is 0 Å². The fourth-order valence-corrected chi connectivity index (χ4v) is 2.12. The topological polar surface area (TPSA) is 43.6 Å². The van der Waals surface area contributed by atoms with Gasteiger partial charge in [-0.3, -0.25) is 9.20 Å². The van der Waals surface area contributed by atoms with Crippen molar-refractivity contribution in [2.24, 2.45) is 0 Å². The molecule has 0 bridgehead atoms. The van der Waals surface area contributed by atoms with Gasteiger partial charge in [0.1, 0.15) is 11.4 Å². The van der Waals surface area contributed by atoms with E-state index < -0.39 is 0 Å². The maximum atomic E-state index is 11.3. The zero-order valence-electron chi connectivity index (χ0n) is 10.7. The Hall–Kier alpha value is -2.33. The summed E-state index contributed by atoms with van der Waals surface area (Å²) in [5, 5.41) is 0.476. The normalized spacial score (nSPS) is 10.7. The average molecular weight is 287 g/mol. The molecular weight excluding hydrogens is 276 g/mol. The predicted molar refractivity (Wildman–Crippen MR) is 76.8 cm³/mol. The van der Waals surface area contributed by atoms with Gasteiger partial charge in [-0.2, -0.15) is 4.98 Å². The summed E-state index contributed by atoms with van der Waals surface area (Å²) >= 11 is 6.09. The molecule has 3 rings (SSSR count). The van der Waals surface area contributed by atoms with E-state index in [2.05, 4.69) is 4.98 Å². The fourth-order valence-electron chi connectivity index (χ4n) is 1.97. The van der Waals surface area contributed by atoms with E-state index in [4.69, 9.17) is 16.3 Å². The van der Waals surface area contributed by atoms with Gasteiger partial charge in [-0.1, -0.05) is 23.7 Å². The van der Waals surface area contributed by atoms with Crippen LogP contribution in [0.3, 0.4) is 0 Å². The van der Waals surface area contributed by atoms with Crippen LogP contribution in [0.25, 0.3) is 5.65 Å². The predicted octanol–water partition coefficient (Wildman–Crippen LogP) is 3.90. The highest BCUT2D eigenvalue weighted by Crippen LogP contribution is 2.31. The van der Waals surface area contributed by atoms with E-state index in [1.807, 2.05) is 25.1 Å². The first kappa shape index (κ1) is 12.7. The summed E-state index contributed by atoms with van der Waals surface area (Å²) < 4.78 is 7.37. The van der Waals surface area contributed by atoms with Gasteiger partial charge in [-0.15, -0.1) is 0 Å². The van der Waals surface area contributed by atoms with E-state index in [0.717, 1.165) is 11.8 Å². The summed E-state index contributed by atoms with van der Waals surface area (Å²) in [4.78, 5) is 15.6. The lowest BCUT2D eigenvalue weighted by Crippen LogP contribution is -1.93. The van der Waals surface area contributed by atoms with Crippen LogP contribution in [0.4, 0.5) is 0 Å². The van der Waals surface area contributed by atoms with Crippen LogP contribution in [0, 0.1) is 6.92 Å². The van der Waals surface area contributed by atoms with E-state index >= 15 is 0 Å². The van der Waals surface area contributed by atoms with Crippen LogP contribution in [-0.2, 0) is 0 Å². The van der Waals surface area contributed by atoms with E-state index in [0.29, 0.717) is 22.1 Å². The number of hydrogen-bond acceptors (Lipinski definition) is 3. The molecule has 0 spiro atoms. The fraction of sp³-hybridized carbons (Fsp3) is 0.0667. The Labute approximate surface area is 120 Å². The third-order valence-corrected chi connectivity index (χ3v) is 3.25. The number of aryl methyl sites for hydroxylation is 1. The second kappa shape index (κ2) is 4.98. The summed E-state index contributed by atoms with van der Waals surface area (Å²) in [5.41, 5.74) is 2.02. The number of imidazole rings is 1. The molecule has 3 aromatic rings. The molecule has 4 nitrogen and oxygen atoms in total. The molecule has 20 heavy (non-hydrogen) atoms. The van der Waals surface area contributed by atoms with Gasteiger partial charge in [0, 0.05) is 6.20 Å². The number of fused-ring (bicyclic) bond motifs is 1. The summed E-state index contributed by atoms with van der Waals surface area (Å²) in [6, 6.07) is 10.9. The molecule has 0 aliphatic rings. The smallest absolute Gasteiger partial charge is 0.249 e. The molecule has 0 saturated heterocycles. The number of aldehydes is 1. The first-order valence-electron chi connectivity index (χ1n) is 6.05. The van der Waals surface area contributed by atoms with Crippen molar-refractivity contribution in [2.75, 3.05) is 0 Å². The van der Waals surface area contributed by atoms with Gasteiger partial charge >= 0.3 is 0 Å². The van der Waals surface area contributed by atoms with Crippen molar-refractivity contribution in [3.05, 3.63) is 58.9 Å². The molecule has 2 heterocycles. The molecule has 5 heteroatoms. The molecule has 0 N–H and O–H groups in total. The number of carbonyl (C=O) groups excluding carboxylic acids is 1. The van der Waals surface area contributed by atoms with E-state index in [1.165, 1.54) is 0 Å². The van der Waals surface area contributed by atoms with Crippen LogP contribution < -0.4 is 4.74 Å². The zero-order chi connectivity index (χ0) is 14.1. The molecule has 2 aromatic heterocycles. The molecule has 0 aliphatic heterocycles. The SMILES string of the molecule is Cc1ccc(Cl)c(Oc2nc3ccccn3c2C=O)c1. The molecule has 0 fully saturated rings. The first-order valence-corrected chi connectivity index (χ1v) is 6.43. The first-order chi connectivity index (χ1) is 9.69. The van der Waals surface area contributed by atoms with Crippen molar-refractivity contribution in [2.45, 2.75) is 6.92 Å². The lowest BCUT2D eigenvalue weighted by molar-refractivity contribution is 0.111. The highest BCUT2D eigenvalue weighted by atomic mass is 35.5. The van der Waals surface area contributed by atoms with Gasteiger partial charge in [0.25, 0.3) is 0 Å². The quantitative estimate of drug-likeness (QED) is 0.686. The van der Waals surface area contributed by atoms with Crippen molar-refractivity contribution < 1.29 is 9.53 Å². The number of halogens is 1. The Bertz CT molecular complexity index is 796. The maximum absolute atomic E-state index is 11.3. The van der Waals surface area contributed by atoms with Crippen molar-refractivity contribution in [3.8, 4) is 11.6 Å². The summed E-state index contributed by atoms with van der Waals surface area (Å²) in [7, 11) is 0. The molecular formula is C15H11ClN2O2. The molecule has 0 radical (unpaired) electrons. The third kappa shape index (κ3) is 2.14. The summed E-state index contributed by atoms with van der Waals surface area (Å²) in [6.07, 6.45) is 2.48. The maximum Gasteiger partial charge on any atom is 0.249 e. The van der Waals surface area contributed by atoms with Gasteiger partial charge < -0.3 is 4.74 Å². The minimum absolute atomic E-state index is 0.249. The number of nitrogens with zero attached hydrogens (tertiary/aromatic N) is 2. The van der Waals surface area contributed by atoms with Gasteiger partial charge in [0.05, 0.1) is 5.02 Å². The van der Waals surface area contributed by atoms with Crippen molar-refractivity contribution >= 4 is 23.5 Å². The Balaban J connectivity index is 2.10. The number of hydrogen-bond donors (Lipinski definition) is 0. The summed E-state index contributed by atoms with van der Waals surface area (Å²) in [5.74, 6) is 0.733. The molecule has 0 atom stereocenters. The van der Waals surface area contributed by atoms with Gasteiger partial charge in [-0.05, 0) is 36.8 Å². The molecule has 1 aromatic carbocycles. The average Bonchev–Trinajstić information content (AvgIpc) is 2.80.